The Morgan fingerprint density at radius 1 is 0.872 bits per heavy atom. The van der Waals surface area contributed by atoms with E-state index in [0.29, 0.717) is 30.7 Å². The number of allylic oxidation sites excluding steroid dienone is 2. The number of aromatic hydroxyl groups is 1. The molecule has 254 valence electrons. The van der Waals surface area contributed by atoms with E-state index in [1.54, 1.807) is 24.3 Å². The van der Waals surface area contributed by atoms with Gasteiger partial charge in [-0.2, -0.15) is 0 Å². The fourth-order valence-electron chi connectivity index (χ4n) is 4.37. The molecule has 0 saturated carbocycles. The first-order valence-electron chi connectivity index (χ1n) is 15.3. The molecule has 1 heterocycles. The van der Waals surface area contributed by atoms with Crippen molar-refractivity contribution >= 4 is 57.3 Å². The molecule has 1 aliphatic rings. The molecule has 0 bridgehead atoms. The van der Waals surface area contributed by atoms with Crippen molar-refractivity contribution in [3.63, 3.8) is 0 Å². The van der Waals surface area contributed by atoms with Crippen molar-refractivity contribution < 1.29 is 43.2 Å². The average Bonchev–Trinajstić information content (AvgIpc) is 3.59. The molecule has 1 aliphatic heterocycles. The molecule has 1 unspecified atom stereocenters. The zero-order valence-electron chi connectivity index (χ0n) is 26.7. The van der Waals surface area contributed by atoms with Crippen LogP contribution in [-0.2, 0) is 19.1 Å². The monoisotopic (exact) mass is 686 g/mol. The summed E-state index contributed by atoms with van der Waals surface area (Å²) in [5, 5.41) is 15.9. The number of unbranched alkanes of at least 4 members (excludes halogenated alkanes) is 1. The van der Waals surface area contributed by atoms with Gasteiger partial charge in [-0.25, -0.2) is 4.79 Å². The van der Waals surface area contributed by atoms with Crippen molar-refractivity contribution in [3.05, 3.63) is 59.7 Å². The number of phenols is 1. The maximum atomic E-state index is 12.3. The van der Waals surface area contributed by atoms with Crippen molar-refractivity contribution in [1.82, 2.24) is 10.6 Å². The van der Waals surface area contributed by atoms with Crippen LogP contribution in [-0.4, -0.2) is 80.2 Å². The summed E-state index contributed by atoms with van der Waals surface area (Å²) in [6.45, 7) is 1.21. The number of rotatable bonds is 20. The third-order valence-corrected chi connectivity index (χ3v) is 9.86. The first kappa shape index (κ1) is 37.5. The van der Waals surface area contributed by atoms with Gasteiger partial charge in [-0.1, -0.05) is 52.3 Å². The van der Waals surface area contributed by atoms with Gasteiger partial charge in [0.1, 0.15) is 0 Å². The second kappa shape index (κ2) is 21.0. The topological polar surface area (TPSA) is 149 Å². The van der Waals surface area contributed by atoms with E-state index in [0.717, 1.165) is 18.1 Å². The van der Waals surface area contributed by atoms with Crippen LogP contribution in [0.15, 0.2) is 48.6 Å². The Bertz CT molecular complexity index is 1410. The van der Waals surface area contributed by atoms with Gasteiger partial charge < -0.3 is 34.7 Å². The Morgan fingerprint density at radius 3 is 2.19 bits per heavy atom. The number of benzene rings is 2. The van der Waals surface area contributed by atoms with Gasteiger partial charge in [-0.3, -0.25) is 14.4 Å². The highest BCUT2D eigenvalue weighted by molar-refractivity contribution is 8.77. The Labute approximate surface area is 283 Å². The number of nitrogens with one attached hydrogen (secondary N) is 2. The van der Waals surface area contributed by atoms with Crippen LogP contribution in [0, 0.1) is 0 Å². The smallest absolute Gasteiger partial charge is 0.412 e. The predicted octanol–water partition coefficient (Wildman–Crippen LogP) is 5.60. The standard InChI is InChI=1S/C34H42N2O9S2/c1-42-31-21-24(9-13-29(31)39)7-11-26(37)23-27(38)12-8-25-10-14-30(32(22-25)43-2)45-34(41)36-17-19-44-18-16-35-33(40)6-4-3-5-28-15-20-46-47-28/h7-14,21-22,28,39H,3-6,15-20,23H2,1-2H3,(H,35,40)(H,36,41). The van der Waals surface area contributed by atoms with Crippen molar-refractivity contribution in [3.8, 4) is 23.0 Å². The lowest BCUT2D eigenvalue weighted by atomic mass is 10.1. The van der Waals surface area contributed by atoms with E-state index in [1.807, 2.05) is 21.6 Å². The molecule has 0 spiro atoms. The fraction of sp³-hybridized carbons (Fsp3) is 0.412. The number of carbonyl (C=O) groups excluding carboxylic acids is 4. The summed E-state index contributed by atoms with van der Waals surface area (Å²) < 4.78 is 21.2. The molecule has 13 heteroatoms. The summed E-state index contributed by atoms with van der Waals surface area (Å²) in [6, 6.07) is 9.41. The molecule has 2 amide bonds. The minimum Gasteiger partial charge on any atom is -0.504 e. The van der Waals surface area contributed by atoms with Crippen LogP contribution in [0.25, 0.3) is 12.2 Å². The Hall–Kier alpha value is -3.94. The van der Waals surface area contributed by atoms with Crippen LogP contribution in [0.3, 0.4) is 0 Å². The molecule has 0 aliphatic carbocycles. The number of hydrogen-bond donors (Lipinski definition) is 3. The number of ketones is 2. The second-order valence-corrected chi connectivity index (χ2v) is 13.3. The predicted molar refractivity (Wildman–Crippen MR) is 185 cm³/mol. The zero-order chi connectivity index (χ0) is 33.9. The minimum atomic E-state index is -0.689. The molecule has 0 radical (unpaired) electrons. The molecule has 1 fully saturated rings. The largest absolute Gasteiger partial charge is 0.504 e. The molecule has 47 heavy (non-hydrogen) atoms. The van der Waals surface area contributed by atoms with Crippen LogP contribution in [0.2, 0.25) is 0 Å². The van der Waals surface area contributed by atoms with E-state index in [-0.39, 0.29) is 54.3 Å². The van der Waals surface area contributed by atoms with Crippen LogP contribution < -0.4 is 24.8 Å². The summed E-state index contributed by atoms with van der Waals surface area (Å²) in [6.07, 6.45) is 9.58. The summed E-state index contributed by atoms with van der Waals surface area (Å²) in [5.74, 6) is 1.21. The lowest BCUT2D eigenvalue weighted by molar-refractivity contribution is -0.122. The van der Waals surface area contributed by atoms with Crippen LogP contribution in [0.1, 0.15) is 49.7 Å². The number of ether oxygens (including phenoxy) is 4. The van der Waals surface area contributed by atoms with Gasteiger partial charge in [0.15, 0.2) is 34.6 Å². The van der Waals surface area contributed by atoms with Gasteiger partial charge in [0.2, 0.25) is 5.91 Å². The molecular formula is C34H42N2O9S2. The minimum absolute atomic E-state index is 0.0133. The Morgan fingerprint density at radius 2 is 1.53 bits per heavy atom. The first-order valence-corrected chi connectivity index (χ1v) is 17.7. The normalized spacial score (nSPS) is 14.3. The van der Waals surface area contributed by atoms with E-state index in [4.69, 9.17) is 18.9 Å². The second-order valence-electron chi connectivity index (χ2n) is 10.5. The molecule has 3 rings (SSSR count). The van der Waals surface area contributed by atoms with Crippen molar-refractivity contribution in [2.75, 3.05) is 46.3 Å². The van der Waals surface area contributed by atoms with Gasteiger partial charge in [0.05, 0.1) is 33.9 Å². The van der Waals surface area contributed by atoms with Crippen molar-refractivity contribution in [2.24, 2.45) is 0 Å². The highest BCUT2D eigenvalue weighted by atomic mass is 33.1. The molecule has 1 saturated heterocycles. The van der Waals surface area contributed by atoms with Gasteiger partial charge >= 0.3 is 6.09 Å². The average molecular weight is 687 g/mol. The van der Waals surface area contributed by atoms with Crippen LogP contribution >= 0.6 is 21.6 Å². The summed E-state index contributed by atoms with van der Waals surface area (Å²) in [7, 11) is 6.75. The summed E-state index contributed by atoms with van der Waals surface area (Å²) >= 11 is 0. The lowest BCUT2D eigenvalue weighted by Crippen LogP contribution is -2.31. The van der Waals surface area contributed by atoms with E-state index in [1.165, 1.54) is 69.3 Å². The molecule has 2 aromatic rings. The first-order chi connectivity index (χ1) is 22.8. The fourth-order valence-corrected chi connectivity index (χ4v) is 7.40. The zero-order valence-corrected chi connectivity index (χ0v) is 28.3. The SMILES string of the molecule is COc1cc(C=CC(=O)CC(=O)C=Cc2ccc(OC(=O)NCCOCCNC(=O)CCCCC3CCSS3)c(OC)c2)ccc1O. The van der Waals surface area contributed by atoms with Gasteiger partial charge in [0.25, 0.3) is 0 Å². The third-order valence-electron chi connectivity index (χ3n) is 6.86. The van der Waals surface area contributed by atoms with Gasteiger partial charge in [0, 0.05) is 30.5 Å². The van der Waals surface area contributed by atoms with Crippen molar-refractivity contribution in [1.29, 1.82) is 0 Å². The lowest BCUT2D eigenvalue weighted by Gasteiger charge is -2.11. The molecule has 2 aromatic carbocycles. The van der Waals surface area contributed by atoms with Gasteiger partial charge in [-0.05, 0) is 66.8 Å². The summed E-state index contributed by atoms with van der Waals surface area (Å²) in [4.78, 5) is 48.7. The van der Waals surface area contributed by atoms with Crippen LogP contribution in [0.5, 0.6) is 23.0 Å². The number of carbonyl (C=O) groups is 4. The number of amides is 2. The van der Waals surface area contributed by atoms with E-state index in [9.17, 15) is 24.3 Å². The Balaban J connectivity index is 1.30. The number of hydrogen-bond acceptors (Lipinski definition) is 11. The number of phenolic OH excluding ortho intramolecular Hbond substituents is 1. The van der Waals surface area contributed by atoms with Crippen LogP contribution in [0.4, 0.5) is 4.79 Å². The van der Waals surface area contributed by atoms with Gasteiger partial charge in [-0.15, -0.1) is 0 Å². The molecule has 0 aromatic heterocycles. The molecule has 3 N–H and O–H groups in total. The third kappa shape index (κ3) is 14.6. The van der Waals surface area contributed by atoms with Crippen molar-refractivity contribution in [2.45, 2.75) is 43.8 Å². The maximum absolute atomic E-state index is 12.3. The maximum Gasteiger partial charge on any atom is 0.412 e. The quantitative estimate of drug-likeness (QED) is 0.0692. The highest BCUT2D eigenvalue weighted by Crippen LogP contribution is 2.40. The molecular weight excluding hydrogens is 645 g/mol. The molecule has 11 nitrogen and oxygen atoms in total. The summed E-state index contributed by atoms with van der Waals surface area (Å²) in [5.41, 5.74) is 1.24. The highest BCUT2D eigenvalue weighted by Gasteiger charge is 2.16. The Kier molecular flexibility index (Phi) is 16.8. The van der Waals surface area contributed by atoms with E-state index in [2.05, 4.69) is 10.6 Å². The molecule has 1 atom stereocenters. The van der Waals surface area contributed by atoms with E-state index >= 15 is 0 Å². The van der Waals surface area contributed by atoms with E-state index < -0.39 is 11.9 Å². The number of methoxy groups -OCH3 is 2.